The Morgan fingerprint density at radius 3 is 2.10 bits per heavy atom. The molecule has 4 nitrogen and oxygen atoms in total. The normalized spacial score (nSPS) is 11.0. The van der Waals surface area contributed by atoms with Gasteiger partial charge in [-0.3, -0.25) is 5.43 Å². The van der Waals surface area contributed by atoms with Gasteiger partial charge in [-0.1, -0.05) is 0 Å². The number of aromatic nitrogens is 1. The molecule has 0 amide bonds. The van der Waals surface area contributed by atoms with Crippen LogP contribution >= 0.6 is 0 Å². The molecule has 0 aliphatic rings. The number of hydrogen-bond acceptors (Lipinski definition) is 4. The maximum absolute atomic E-state index is 13.2. The summed E-state index contributed by atoms with van der Waals surface area (Å²) in [6.07, 6.45) is 1.15. The molecular formula is C12H7F4N3O. The molecule has 0 fully saturated rings. The number of anilines is 1. The number of nitrogens with zero attached hydrogens (tertiary/aromatic N) is 2. The van der Waals surface area contributed by atoms with E-state index in [-0.39, 0.29) is 5.75 Å². The zero-order valence-electron chi connectivity index (χ0n) is 9.74. The molecule has 1 aromatic carbocycles. The van der Waals surface area contributed by atoms with Crippen LogP contribution in [0.4, 0.5) is 23.2 Å². The summed E-state index contributed by atoms with van der Waals surface area (Å²) < 4.78 is 52.0. The first-order chi connectivity index (χ1) is 9.49. The van der Waals surface area contributed by atoms with Crippen molar-refractivity contribution in [1.82, 2.24) is 4.98 Å². The molecule has 2 N–H and O–H groups in total. The van der Waals surface area contributed by atoms with E-state index in [0.29, 0.717) is 5.56 Å². The fourth-order valence-electron chi connectivity index (χ4n) is 1.32. The van der Waals surface area contributed by atoms with Gasteiger partial charge in [0.2, 0.25) is 11.6 Å². The third-order valence-corrected chi connectivity index (χ3v) is 2.28. The maximum atomic E-state index is 13.2. The molecule has 0 unspecified atom stereocenters. The number of nitrogens with one attached hydrogen (secondary N) is 1. The number of halogens is 4. The van der Waals surface area contributed by atoms with Gasteiger partial charge in [0, 0.05) is 0 Å². The highest BCUT2D eigenvalue weighted by Gasteiger charge is 2.20. The highest BCUT2D eigenvalue weighted by Crippen LogP contribution is 2.21. The monoisotopic (exact) mass is 285 g/mol. The minimum atomic E-state index is -1.77. The smallest absolute Gasteiger partial charge is 0.254 e. The van der Waals surface area contributed by atoms with Gasteiger partial charge in [0.15, 0.2) is 0 Å². The van der Waals surface area contributed by atoms with Crippen LogP contribution in [0.25, 0.3) is 0 Å². The first-order valence-corrected chi connectivity index (χ1v) is 5.27. The highest BCUT2D eigenvalue weighted by molar-refractivity contribution is 5.80. The van der Waals surface area contributed by atoms with Gasteiger partial charge >= 0.3 is 0 Å². The summed E-state index contributed by atoms with van der Waals surface area (Å²) >= 11 is 0. The largest absolute Gasteiger partial charge is 0.508 e. The first-order valence-electron chi connectivity index (χ1n) is 5.27. The van der Waals surface area contributed by atoms with E-state index in [0.717, 1.165) is 6.21 Å². The topological polar surface area (TPSA) is 57.5 Å². The van der Waals surface area contributed by atoms with E-state index < -0.39 is 29.2 Å². The molecule has 0 aliphatic heterocycles. The molecule has 0 aliphatic carbocycles. The van der Waals surface area contributed by atoms with Gasteiger partial charge in [-0.05, 0) is 29.8 Å². The van der Waals surface area contributed by atoms with Crippen LogP contribution < -0.4 is 5.43 Å². The Morgan fingerprint density at radius 2 is 1.55 bits per heavy atom. The zero-order chi connectivity index (χ0) is 14.7. The molecule has 0 radical (unpaired) electrons. The fraction of sp³-hybridized carbons (Fsp3) is 0. The summed E-state index contributed by atoms with van der Waals surface area (Å²) in [6, 6.07) is 5.68. The minimum Gasteiger partial charge on any atom is -0.508 e. The molecule has 0 saturated carbocycles. The van der Waals surface area contributed by atoms with Crippen molar-refractivity contribution in [2.24, 2.45) is 5.10 Å². The molecule has 104 valence electrons. The van der Waals surface area contributed by atoms with Crippen molar-refractivity contribution in [3.63, 3.8) is 0 Å². The summed E-state index contributed by atoms with van der Waals surface area (Å²) in [4.78, 5) is 2.41. The summed E-state index contributed by atoms with van der Waals surface area (Å²) in [5.74, 6) is -6.86. The second kappa shape index (κ2) is 5.55. The van der Waals surface area contributed by atoms with E-state index >= 15 is 0 Å². The lowest BCUT2D eigenvalue weighted by Gasteiger charge is -2.04. The van der Waals surface area contributed by atoms with E-state index in [1.54, 1.807) is 0 Å². The van der Waals surface area contributed by atoms with Crippen LogP contribution in [0, 0.1) is 23.5 Å². The third kappa shape index (κ3) is 2.85. The number of benzene rings is 1. The Bertz CT molecular complexity index is 632. The number of phenols is 1. The van der Waals surface area contributed by atoms with Crippen LogP contribution in [0.3, 0.4) is 0 Å². The predicted octanol–water partition coefficient (Wildman–Crippen LogP) is 2.79. The van der Waals surface area contributed by atoms with E-state index in [2.05, 4.69) is 10.1 Å². The van der Waals surface area contributed by atoms with Gasteiger partial charge in [0.05, 0.1) is 6.21 Å². The second-order valence-corrected chi connectivity index (χ2v) is 3.66. The van der Waals surface area contributed by atoms with Crippen molar-refractivity contribution in [2.75, 3.05) is 5.43 Å². The van der Waals surface area contributed by atoms with Crippen molar-refractivity contribution >= 4 is 11.9 Å². The van der Waals surface area contributed by atoms with Crippen LogP contribution in [0.5, 0.6) is 5.75 Å². The quantitative estimate of drug-likeness (QED) is 0.394. The molecule has 8 heteroatoms. The van der Waals surface area contributed by atoms with Gasteiger partial charge in [0.1, 0.15) is 11.4 Å². The summed E-state index contributed by atoms with van der Waals surface area (Å²) in [6.45, 7) is 0. The SMILES string of the molecule is Oc1ccc(/C=N/Nc2c(F)c(F)nc(F)c2F)cc1. The Kier molecular flexibility index (Phi) is 3.83. The van der Waals surface area contributed by atoms with Gasteiger partial charge in [-0.15, -0.1) is 0 Å². The molecule has 0 saturated heterocycles. The standard InChI is InChI=1S/C12H7F4N3O/c13-8-10(9(14)12(16)18-11(8)15)19-17-5-6-1-3-7(20)4-2-6/h1-5,20H,(H,18,19)/b17-5+. The first kappa shape index (κ1) is 13.8. The molecule has 0 bridgehead atoms. The molecule has 1 heterocycles. The van der Waals surface area contributed by atoms with Crippen molar-refractivity contribution in [3.05, 3.63) is 53.4 Å². The molecular weight excluding hydrogens is 278 g/mol. The Labute approximate surface area is 110 Å². The maximum Gasteiger partial charge on any atom is 0.254 e. The van der Waals surface area contributed by atoms with E-state index in [1.165, 1.54) is 24.3 Å². The number of hydrazone groups is 1. The van der Waals surface area contributed by atoms with Gasteiger partial charge in [-0.25, -0.2) is 0 Å². The minimum absolute atomic E-state index is 0.0328. The van der Waals surface area contributed by atoms with Crippen molar-refractivity contribution in [1.29, 1.82) is 0 Å². The average Bonchev–Trinajstić information content (AvgIpc) is 2.42. The van der Waals surface area contributed by atoms with Crippen molar-refractivity contribution in [3.8, 4) is 5.75 Å². The average molecular weight is 285 g/mol. The molecule has 1 aromatic heterocycles. The molecule has 0 atom stereocenters. The summed E-state index contributed by atoms with van der Waals surface area (Å²) in [7, 11) is 0. The van der Waals surface area contributed by atoms with Crippen LogP contribution in [-0.2, 0) is 0 Å². The number of pyridine rings is 1. The molecule has 0 spiro atoms. The molecule has 2 rings (SSSR count). The number of aromatic hydroxyl groups is 1. The molecule has 2 aromatic rings. The van der Waals surface area contributed by atoms with Gasteiger partial charge < -0.3 is 5.11 Å². The highest BCUT2D eigenvalue weighted by atomic mass is 19.2. The van der Waals surface area contributed by atoms with E-state index in [1.807, 2.05) is 5.43 Å². The van der Waals surface area contributed by atoms with Crippen LogP contribution in [0.2, 0.25) is 0 Å². The number of phenolic OH excluding ortho intramolecular Hbond substituents is 1. The lowest BCUT2D eigenvalue weighted by molar-refractivity contribution is 0.411. The Morgan fingerprint density at radius 1 is 1.00 bits per heavy atom. The fourth-order valence-corrected chi connectivity index (χ4v) is 1.32. The zero-order valence-corrected chi connectivity index (χ0v) is 9.74. The van der Waals surface area contributed by atoms with Gasteiger partial charge in [-0.2, -0.15) is 27.6 Å². The van der Waals surface area contributed by atoms with Crippen molar-refractivity contribution in [2.45, 2.75) is 0 Å². The second-order valence-electron chi connectivity index (χ2n) is 3.66. The molecule has 20 heavy (non-hydrogen) atoms. The number of rotatable bonds is 3. The van der Waals surface area contributed by atoms with Crippen molar-refractivity contribution < 1.29 is 22.7 Å². The summed E-state index contributed by atoms with van der Waals surface area (Å²) in [5.41, 5.74) is 1.28. The van der Waals surface area contributed by atoms with Crippen LogP contribution in [0.1, 0.15) is 5.56 Å². The van der Waals surface area contributed by atoms with E-state index in [4.69, 9.17) is 5.11 Å². The van der Waals surface area contributed by atoms with E-state index in [9.17, 15) is 17.6 Å². The summed E-state index contributed by atoms with van der Waals surface area (Å²) in [5, 5.41) is 12.5. The lowest BCUT2D eigenvalue weighted by atomic mass is 10.2. The third-order valence-electron chi connectivity index (χ3n) is 2.28. The lowest BCUT2D eigenvalue weighted by Crippen LogP contribution is -2.05. The Balaban J connectivity index is 2.21. The Hall–Kier alpha value is -2.64. The van der Waals surface area contributed by atoms with Crippen LogP contribution in [0.15, 0.2) is 29.4 Å². The predicted molar refractivity (Wildman–Crippen MR) is 63.4 cm³/mol. The number of hydrogen-bond donors (Lipinski definition) is 2. The van der Waals surface area contributed by atoms with Crippen LogP contribution in [-0.4, -0.2) is 16.3 Å². The van der Waals surface area contributed by atoms with Gasteiger partial charge in [0.25, 0.3) is 11.9 Å².